The first-order valence-corrected chi connectivity index (χ1v) is 5.74. The van der Waals surface area contributed by atoms with Crippen LogP contribution in [0.3, 0.4) is 0 Å². The molecule has 1 aromatic carbocycles. The van der Waals surface area contributed by atoms with Crippen LogP contribution in [0.25, 0.3) is 0 Å². The van der Waals surface area contributed by atoms with Crippen LogP contribution in [-0.2, 0) is 4.79 Å². The Kier molecular flexibility index (Phi) is 3.05. The quantitative estimate of drug-likeness (QED) is 0.904. The lowest BCUT2D eigenvalue weighted by molar-refractivity contribution is -0.137. The Morgan fingerprint density at radius 1 is 1.69 bits per heavy atom. The molecule has 1 N–H and O–H groups in total. The first-order valence-electron chi connectivity index (χ1n) is 4.95. The van der Waals surface area contributed by atoms with E-state index in [1.54, 1.807) is 0 Å². The van der Waals surface area contributed by atoms with Crippen molar-refractivity contribution in [2.75, 3.05) is 18.6 Å². The van der Waals surface area contributed by atoms with Gasteiger partial charge in [0.2, 0.25) is 0 Å². The highest BCUT2D eigenvalue weighted by atomic mass is 79.9. The van der Waals surface area contributed by atoms with Gasteiger partial charge >= 0.3 is 5.97 Å². The Bertz CT molecular complexity index is 422. The molecule has 1 heterocycles. The molecule has 4 nitrogen and oxygen atoms in total. The third-order valence-corrected chi connectivity index (χ3v) is 3.18. The minimum atomic E-state index is -0.805. The molecule has 86 valence electrons. The van der Waals surface area contributed by atoms with Crippen molar-refractivity contribution in [2.24, 2.45) is 0 Å². The normalized spacial score (nSPS) is 18.9. The summed E-state index contributed by atoms with van der Waals surface area (Å²) in [4.78, 5) is 12.6. The molecule has 0 saturated heterocycles. The maximum Gasteiger partial charge on any atom is 0.305 e. The standard InChI is InChI=1S/C11H12BrNO3/c1-13-8(5-11(14)15)6-16-10-4-7(12)2-3-9(10)13/h2-4,8H,5-6H2,1H3,(H,14,15). The van der Waals surface area contributed by atoms with Gasteiger partial charge in [0.25, 0.3) is 0 Å². The Balaban J connectivity index is 2.25. The van der Waals surface area contributed by atoms with Crippen LogP contribution in [0.5, 0.6) is 5.75 Å². The van der Waals surface area contributed by atoms with Crippen LogP contribution in [0.4, 0.5) is 5.69 Å². The zero-order valence-corrected chi connectivity index (χ0v) is 10.4. The van der Waals surface area contributed by atoms with Crippen molar-refractivity contribution >= 4 is 27.6 Å². The number of anilines is 1. The number of fused-ring (bicyclic) bond motifs is 1. The number of halogens is 1. The van der Waals surface area contributed by atoms with E-state index in [1.807, 2.05) is 30.1 Å². The number of aliphatic carboxylic acids is 1. The SMILES string of the molecule is CN1c2ccc(Br)cc2OCC1CC(=O)O. The molecule has 16 heavy (non-hydrogen) atoms. The number of carbonyl (C=O) groups is 1. The number of benzene rings is 1. The summed E-state index contributed by atoms with van der Waals surface area (Å²) in [6, 6.07) is 5.63. The average Bonchev–Trinajstić information content (AvgIpc) is 2.22. The zero-order chi connectivity index (χ0) is 11.7. The predicted molar refractivity (Wildman–Crippen MR) is 64.1 cm³/mol. The van der Waals surface area contributed by atoms with Crippen molar-refractivity contribution in [3.8, 4) is 5.75 Å². The number of carboxylic acids is 1. The van der Waals surface area contributed by atoms with E-state index in [0.717, 1.165) is 15.9 Å². The Hall–Kier alpha value is -1.23. The smallest absolute Gasteiger partial charge is 0.305 e. The van der Waals surface area contributed by atoms with Crippen molar-refractivity contribution < 1.29 is 14.6 Å². The molecule has 0 aliphatic carbocycles. The number of ether oxygens (including phenoxy) is 1. The largest absolute Gasteiger partial charge is 0.489 e. The number of hydrogen-bond donors (Lipinski definition) is 1. The van der Waals surface area contributed by atoms with Crippen LogP contribution < -0.4 is 9.64 Å². The van der Waals surface area contributed by atoms with E-state index in [1.165, 1.54) is 0 Å². The fraction of sp³-hybridized carbons (Fsp3) is 0.364. The molecule has 1 aliphatic heterocycles. The van der Waals surface area contributed by atoms with Gasteiger partial charge in [0, 0.05) is 11.5 Å². The van der Waals surface area contributed by atoms with Gasteiger partial charge in [-0.05, 0) is 18.2 Å². The van der Waals surface area contributed by atoms with Crippen LogP contribution in [0, 0.1) is 0 Å². The summed E-state index contributed by atoms with van der Waals surface area (Å²) in [5, 5.41) is 8.79. The van der Waals surface area contributed by atoms with Gasteiger partial charge in [-0.3, -0.25) is 4.79 Å². The monoisotopic (exact) mass is 285 g/mol. The van der Waals surface area contributed by atoms with Crippen molar-refractivity contribution in [3.63, 3.8) is 0 Å². The maximum atomic E-state index is 10.7. The molecule has 0 radical (unpaired) electrons. The average molecular weight is 286 g/mol. The summed E-state index contributed by atoms with van der Waals surface area (Å²) in [6.45, 7) is 0.409. The molecular weight excluding hydrogens is 274 g/mol. The Morgan fingerprint density at radius 3 is 3.12 bits per heavy atom. The summed E-state index contributed by atoms with van der Waals surface area (Å²) < 4.78 is 6.51. The summed E-state index contributed by atoms with van der Waals surface area (Å²) >= 11 is 3.37. The maximum absolute atomic E-state index is 10.7. The van der Waals surface area contributed by atoms with Crippen LogP contribution in [-0.4, -0.2) is 30.8 Å². The van der Waals surface area contributed by atoms with E-state index in [9.17, 15) is 4.79 Å². The molecule has 1 unspecified atom stereocenters. The minimum Gasteiger partial charge on any atom is -0.489 e. The molecule has 1 aliphatic rings. The number of carboxylic acid groups (broad SMARTS) is 1. The van der Waals surface area contributed by atoms with Crippen molar-refractivity contribution in [1.82, 2.24) is 0 Å². The van der Waals surface area contributed by atoms with Crippen LogP contribution >= 0.6 is 15.9 Å². The van der Waals surface area contributed by atoms with Crippen molar-refractivity contribution in [2.45, 2.75) is 12.5 Å². The second-order valence-corrected chi connectivity index (χ2v) is 4.70. The first-order chi connectivity index (χ1) is 7.58. The Morgan fingerprint density at radius 2 is 2.44 bits per heavy atom. The van der Waals surface area contributed by atoms with E-state index < -0.39 is 5.97 Å². The lowest BCUT2D eigenvalue weighted by Gasteiger charge is -2.35. The van der Waals surface area contributed by atoms with Crippen molar-refractivity contribution in [3.05, 3.63) is 22.7 Å². The van der Waals surface area contributed by atoms with Gasteiger partial charge in [-0.25, -0.2) is 0 Å². The highest BCUT2D eigenvalue weighted by Gasteiger charge is 2.26. The predicted octanol–water partition coefficient (Wildman–Crippen LogP) is 2.12. The molecule has 2 rings (SSSR count). The molecule has 1 aromatic rings. The summed E-state index contributed by atoms with van der Waals surface area (Å²) in [6.07, 6.45) is 0.0893. The van der Waals surface area contributed by atoms with E-state index in [2.05, 4.69) is 15.9 Å². The first kappa shape index (κ1) is 11.3. The van der Waals surface area contributed by atoms with Crippen molar-refractivity contribution in [1.29, 1.82) is 0 Å². The highest BCUT2D eigenvalue weighted by molar-refractivity contribution is 9.10. The second-order valence-electron chi connectivity index (χ2n) is 3.79. The van der Waals surface area contributed by atoms with Gasteiger partial charge in [-0.2, -0.15) is 0 Å². The lowest BCUT2D eigenvalue weighted by atomic mass is 10.1. The second kappa shape index (κ2) is 4.33. The summed E-state index contributed by atoms with van der Waals surface area (Å²) in [7, 11) is 1.89. The van der Waals surface area contributed by atoms with Gasteiger partial charge in [0.15, 0.2) is 0 Å². The molecule has 1 atom stereocenters. The molecule has 0 amide bonds. The minimum absolute atomic E-state index is 0.0893. The van der Waals surface area contributed by atoms with Gasteiger partial charge in [-0.15, -0.1) is 0 Å². The molecule has 0 spiro atoms. The summed E-state index contributed by atoms with van der Waals surface area (Å²) in [5.74, 6) is -0.0143. The molecule has 5 heteroatoms. The molecular formula is C11H12BrNO3. The molecule has 0 saturated carbocycles. The fourth-order valence-electron chi connectivity index (χ4n) is 1.79. The molecule has 0 bridgehead atoms. The summed E-state index contributed by atoms with van der Waals surface area (Å²) in [5.41, 5.74) is 0.931. The van der Waals surface area contributed by atoms with Crippen LogP contribution in [0.2, 0.25) is 0 Å². The topological polar surface area (TPSA) is 49.8 Å². The number of rotatable bonds is 2. The number of likely N-dealkylation sites (N-methyl/N-ethyl adjacent to an activating group) is 1. The van der Waals surface area contributed by atoms with Gasteiger partial charge in [0.1, 0.15) is 12.4 Å². The zero-order valence-electron chi connectivity index (χ0n) is 8.81. The highest BCUT2D eigenvalue weighted by Crippen LogP contribution is 2.35. The number of hydrogen-bond acceptors (Lipinski definition) is 3. The van der Waals surface area contributed by atoms with Gasteiger partial charge in [-0.1, -0.05) is 15.9 Å². The third-order valence-electron chi connectivity index (χ3n) is 2.69. The van der Waals surface area contributed by atoms with E-state index in [-0.39, 0.29) is 12.5 Å². The van der Waals surface area contributed by atoms with Crippen LogP contribution in [0.15, 0.2) is 22.7 Å². The van der Waals surface area contributed by atoms with E-state index >= 15 is 0 Å². The molecule has 0 aromatic heterocycles. The van der Waals surface area contributed by atoms with Gasteiger partial charge < -0.3 is 14.7 Å². The van der Waals surface area contributed by atoms with Gasteiger partial charge in [0.05, 0.1) is 18.2 Å². The lowest BCUT2D eigenvalue weighted by Crippen LogP contribution is -2.41. The van der Waals surface area contributed by atoms with Crippen LogP contribution in [0.1, 0.15) is 6.42 Å². The van der Waals surface area contributed by atoms with E-state index in [4.69, 9.17) is 9.84 Å². The van der Waals surface area contributed by atoms with E-state index in [0.29, 0.717) is 6.61 Å². The molecule has 0 fully saturated rings. The third kappa shape index (κ3) is 2.14. The fourth-order valence-corrected chi connectivity index (χ4v) is 2.13. The Labute approximate surface area is 102 Å². The number of nitrogens with zero attached hydrogens (tertiary/aromatic N) is 1.